The molecule has 1 heterocycles. The van der Waals surface area contributed by atoms with Gasteiger partial charge in [0.05, 0.1) is 4.90 Å². The van der Waals surface area contributed by atoms with Crippen molar-refractivity contribution in [3.05, 3.63) is 29.3 Å². The number of nitrogens with two attached hydrogens (primary N) is 1. The molecule has 20 heavy (non-hydrogen) atoms. The van der Waals surface area contributed by atoms with Gasteiger partial charge in [0.25, 0.3) is 0 Å². The quantitative estimate of drug-likeness (QED) is 0.928. The molecule has 0 radical (unpaired) electrons. The smallest absolute Gasteiger partial charge is 0.243 e. The van der Waals surface area contributed by atoms with Gasteiger partial charge in [0, 0.05) is 19.1 Å². The lowest BCUT2D eigenvalue weighted by atomic mass is 9.92. The van der Waals surface area contributed by atoms with Gasteiger partial charge in [-0.3, -0.25) is 0 Å². The molecule has 5 heteroatoms. The molecule has 0 bridgehead atoms. The minimum absolute atomic E-state index is 0.140. The lowest BCUT2D eigenvalue weighted by molar-refractivity contribution is 0.250. The molecular weight excluding hydrogens is 272 g/mol. The van der Waals surface area contributed by atoms with Crippen molar-refractivity contribution in [1.82, 2.24) is 4.31 Å². The van der Waals surface area contributed by atoms with Crippen molar-refractivity contribution in [1.29, 1.82) is 0 Å². The second kappa shape index (κ2) is 5.84. The van der Waals surface area contributed by atoms with E-state index in [2.05, 4.69) is 0 Å². The van der Waals surface area contributed by atoms with E-state index in [0.29, 0.717) is 23.9 Å². The molecule has 1 fully saturated rings. The second-order valence-electron chi connectivity index (χ2n) is 5.92. The molecule has 0 amide bonds. The van der Waals surface area contributed by atoms with E-state index in [-0.39, 0.29) is 6.04 Å². The number of benzene rings is 1. The van der Waals surface area contributed by atoms with Gasteiger partial charge >= 0.3 is 0 Å². The van der Waals surface area contributed by atoms with Crippen molar-refractivity contribution < 1.29 is 8.42 Å². The summed E-state index contributed by atoms with van der Waals surface area (Å²) in [6, 6.07) is 5.63. The fourth-order valence-corrected chi connectivity index (χ4v) is 4.53. The highest BCUT2D eigenvalue weighted by atomic mass is 32.2. The van der Waals surface area contributed by atoms with Crippen LogP contribution in [0.3, 0.4) is 0 Å². The van der Waals surface area contributed by atoms with E-state index in [1.165, 1.54) is 0 Å². The molecule has 1 unspecified atom stereocenters. The number of hydrogen-bond acceptors (Lipinski definition) is 3. The second-order valence-corrected chi connectivity index (χ2v) is 7.86. The van der Waals surface area contributed by atoms with Crippen LogP contribution < -0.4 is 5.73 Å². The third kappa shape index (κ3) is 3.22. The summed E-state index contributed by atoms with van der Waals surface area (Å²) in [7, 11) is -3.36. The predicted octanol–water partition coefficient (Wildman–Crippen LogP) is 2.05. The number of hydrogen-bond donors (Lipinski definition) is 1. The van der Waals surface area contributed by atoms with Crippen molar-refractivity contribution in [3.8, 4) is 0 Å². The molecule has 2 N–H and O–H groups in total. The highest BCUT2D eigenvalue weighted by molar-refractivity contribution is 7.89. The highest BCUT2D eigenvalue weighted by Crippen LogP contribution is 2.26. The first-order valence-corrected chi connectivity index (χ1v) is 8.59. The van der Waals surface area contributed by atoms with Gasteiger partial charge in [0.2, 0.25) is 10.0 Å². The third-order valence-corrected chi connectivity index (χ3v) is 5.95. The average molecular weight is 296 g/mol. The van der Waals surface area contributed by atoms with Crippen molar-refractivity contribution in [2.24, 2.45) is 11.7 Å². The van der Waals surface area contributed by atoms with Crippen LogP contribution in [0.2, 0.25) is 0 Å². The van der Waals surface area contributed by atoms with E-state index in [1.807, 2.05) is 26.8 Å². The highest BCUT2D eigenvalue weighted by Gasteiger charge is 2.30. The Labute approximate surface area is 122 Å². The third-order valence-electron chi connectivity index (χ3n) is 4.08. The summed E-state index contributed by atoms with van der Waals surface area (Å²) in [5, 5.41) is 0. The largest absolute Gasteiger partial charge is 0.328 e. The van der Waals surface area contributed by atoms with E-state index < -0.39 is 10.0 Å². The van der Waals surface area contributed by atoms with Crippen LogP contribution in [0.1, 0.15) is 30.9 Å². The number of aryl methyl sites for hydroxylation is 2. The molecule has 0 saturated carbocycles. The van der Waals surface area contributed by atoms with Crippen molar-refractivity contribution >= 4 is 10.0 Å². The molecule has 1 atom stereocenters. The van der Waals surface area contributed by atoms with Gasteiger partial charge in [-0.1, -0.05) is 6.07 Å². The van der Waals surface area contributed by atoms with Crippen molar-refractivity contribution in [2.75, 3.05) is 13.1 Å². The fourth-order valence-electron chi connectivity index (χ4n) is 2.87. The van der Waals surface area contributed by atoms with Gasteiger partial charge in [-0.05, 0) is 62.8 Å². The molecule has 1 aliphatic rings. The van der Waals surface area contributed by atoms with Gasteiger partial charge in [-0.2, -0.15) is 4.31 Å². The lowest BCUT2D eigenvalue weighted by Gasteiger charge is -2.33. The first kappa shape index (κ1) is 15.5. The van der Waals surface area contributed by atoms with E-state index in [9.17, 15) is 8.42 Å². The van der Waals surface area contributed by atoms with Crippen molar-refractivity contribution in [3.63, 3.8) is 0 Å². The molecule has 1 saturated heterocycles. The van der Waals surface area contributed by atoms with Gasteiger partial charge in [0.1, 0.15) is 0 Å². The van der Waals surface area contributed by atoms with Crippen LogP contribution in [0.25, 0.3) is 0 Å². The zero-order valence-corrected chi connectivity index (χ0v) is 13.3. The zero-order chi connectivity index (χ0) is 14.9. The van der Waals surface area contributed by atoms with E-state index in [4.69, 9.17) is 5.73 Å². The minimum Gasteiger partial charge on any atom is -0.328 e. The SMILES string of the molecule is Cc1cc(C)cc(S(=O)(=O)N2CCC(C(C)N)CC2)c1. The summed E-state index contributed by atoms with van der Waals surface area (Å²) in [5.74, 6) is 0.431. The molecule has 1 aromatic rings. The van der Waals surface area contributed by atoms with Gasteiger partial charge in [0.15, 0.2) is 0 Å². The molecule has 0 spiro atoms. The van der Waals surface area contributed by atoms with E-state index >= 15 is 0 Å². The van der Waals surface area contributed by atoms with Crippen LogP contribution in [0, 0.1) is 19.8 Å². The molecule has 2 rings (SSSR count). The molecule has 1 aliphatic heterocycles. The van der Waals surface area contributed by atoms with Crippen LogP contribution in [-0.4, -0.2) is 31.9 Å². The molecule has 4 nitrogen and oxygen atoms in total. The molecule has 112 valence electrons. The molecule has 1 aromatic carbocycles. The summed E-state index contributed by atoms with van der Waals surface area (Å²) in [4.78, 5) is 0.411. The standard InChI is InChI=1S/C15H24N2O2S/c1-11-8-12(2)10-15(9-11)20(18,19)17-6-4-14(5-7-17)13(3)16/h8-10,13-14H,4-7,16H2,1-3H3. The molecule has 0 aliphatic carbocycles. The topological polar surface area (TPSA) is 63.4 Å². The summed E-state index contributed by atoms with van der Waals surface area (Å²) in [5.41, 5.74) is 7.87. The number of nitrogens with zero attached hydrogens (tertiary/aromatic N) is 1. The summed E-state index contributed by atoms with van der Waals surface area (Å²) in [6.07, 6.45) is 1.70. The Morgan fingerprint density at radius 3 is 2.10 bits per heavy atom. The maximum absolute atomic E-state index is 12.7. The first-order valence-electron chi connectivity index (χ1n) is 7.15. The Morgan fingerprint density at radius 2 is 1.65 bits per heavy atom. The normalized spacial score (nSPS) is 20.0. The Bertz CT molecular complexity index is 553. The first-order chi connectivity index (χ1) is 9.30. The Morgan fingerprint density at radius 1 is 1.15 bits per heavy atom. The monoisotopic (exact) mass is 296 g/mol. The lowest BCUT2D eigenvalue weighted by Crippen LogP contribution is -2.42. The number of rotatable bonds is 3. The number of sulfonamides is 1. The Balaban J connectivity index is 2.19. The maximum atomic E-state index is 12.7. The fraction of sp³-hybridized carbons (Fsp3) is 0.600. The van der Waals surface area contributed by atoms with Gasteiger partial charge < -0.3 is 5.73 Å². The van der Waals surface area contributed by atoms with Gasteiger partial charge in [-0.25, -0.2) is 8.42 Å². The minimum atomic E-state index is -3.36. The molecular formula is C15H24N2O2S. The Hall–Kier alpha value is -0.910. The van der Waals surface area contributed by atoms with Crippen LogP contribution in [0.5, 0.6) is 0 Å². The van der Waals surface area contributed by atoms with Crippen LogP contribution in [0.4, 0.5) is 0 Å². The average Bonchev–Trinajstić information content (AvgIpc) is 2.37. The van der Waals surface area contributed by atoms with Gasteiger partial charge in [-0.15, -0.1) is 0 Å². The van der Waals surface area contributed by atoms with Crippen molar-refractivity contribution in [2.45, 2.75) is 44.6 Å². The van der Waals surface area contributed by atoms with E-state index in [1.54, 1.807) is 16.4 Å². The number of piperidine rings is 1. The van der Waals surface area contributed by atoms with Crippen LogP contribution >= 0.6 is 0 Å². The van der Waals surface area contributed by atoms with Crippen LogP contribution in [-0.2, 0) is 10.0 Å². The summed E-state index contributed by atoms with van der Waals surface area (Å²) < 4.78 is 26.9. The summed E-state index contributed by atoms with van der Waals surface area (Å²) >= 11 is 0. The predicted molar refractivity (Wildman–Crippen MR) is 81.0 cm³/mol. The van der Waals surface area contributed by atoms with Crippen LogP contribution in [0.15, 0.2) is 23.1 Å². The Kier molecular flexibility index (Phi) is 4.52. The molecule has 0 aromatic heterocycles. The zero-order valence-electron chi connectivity index (χ0n) is 12.5. The summed E-state index contributed by atoms with van der Waals surface area (Å²) in [6.45, 7) is 6.99. The van der Waals surface area contributed by atoms with E-state index in [0.717, 1.165) is 24.0 Å². The maximum Gasteiger partial charge on any atom is 0.243 e.